The molecule has 1 fully saturated rings. The Morgan fingerprint density at radius 2 is 2.00 bits per heavy atom. The lowest BCUT2D eigenvalue weighted by Gasteiger charge is -2.42. The van der Waals surface area contributed by atoms with Crippen LogP contribution in [-0.4, -0.2) is 46.3 Å². The summed E-state index contributed by atoms with van der Waals surface area (Å²) in [4.78, 5) is 14.5. The van der Waals surface area contributed by atoms with Crippen molar-refractivity contribution in [3.63, 3.8) is 0 Å². The fraction of sp³-hybridized carbons (Fsp3) is 0.474. The van der Waals surface area contributed by atoms with E-state index in [-0.39, 0.29) is 17.8 Å². The van der Waals surface area contributed by atoms with Crippen LogP contribution in [0.4, 0.5) is 4.39 Å². The molecule has 1 aliphatic rings. The maximum atomic E-state index is 12.9. The predicted molar refractivity (Wildman–Crippen MR) is 94.9 cm³/mol. The highest BCUT2D eigenvalue weighted by molar-refractivity contribution is 5.81. The van der Waals surface area contributed by atoms with Gasteiger partial charge in [-0.15, -0.1) is 0 Å². The summed E-state index contributed by atoms with van der Waals surface area (Å²) in [5.74, 6) is -0.203. The second-order valence-corrected chi connectivity index (χ2v) is 6.82. The fourth-order valence-corrected chi connectivity index (χ4v) is 3.27. The van der Waals surface area contributed by atoms with Gasteiger partial charge in [-0.25, -0.2) is 4.39 Å². The van der Waals surface area contributed by atoms with Gasteiger partial charge in [0.05, 0.1) is 17.8 Å². The van der Waals surface area contributed by atoms with Crippen molar-refractivity contribution in [1.82, 2.24) is 20.0 Å². The maximum Gasteiger partial charge on any atom is 0.237 e. The first-order chi connectivity index (χ1) is 11.9. The quantitative estimate of drug-likeness (QED) is 0.874. The van der Waals surface area contributed by atoms with Crippen LogP contribution in [0.3, 0.4) is 0 Å². The molecular formula is C19H25FN4O. The third kappa shape index (κ3) is 4.07. The number of rotatable bonds is 6. The Morgan fingerprint density at radius 3 is 2.60 bits per heavy atom. The zero-order valence-corrected chi connectivity index (χ0v) is 15.0. The summed E-state index contributed by atoms with van der Waals surface area (Å²) in [6, 6.07) is 8.66. The van der Waals surface area contributed by atoms with Crippen LogP contribution in [0.25, 0.3) is 0 Å². The number of hydrogen-bond donors (Lipinski definition) is 1. The molecule has 1 aromatic heterocycles. The van der Waals surface area contributed by atoms with E-state index in [9.17, 15) is 9.18 Å². The molecule has 3 rings (SSSR count). The summed E-state index contributed by atoms with van der Waals surface area (Å²) in [7, 11) is 0. The van der Waals surface area contributed by atoms with Gasteiger partial charge >= 0.3 is 0 Å². The van der Waals surface area contributed by atoms with Gasteiger partial charge in [-0.1, -0.05) is 12.1 Å². The Morgan fingerprint density at radius 1 is 1.32 bits per heavy atom. The molecule has 6 heteroatoms. The number of carbonyl (C=O) groups is 1. The highest BCUT2D eigenvalue weighted by Crippen LogP contribution is 2.24. The first-order valence-electron chi connectivity index (χ1n) is 8.73. The molecule has 0 bridgehead atoms. The predicted octanol–water partition coefficient (Wildman–Crippen LogP) is 2.24. The van der Waals surface area contributed by atoms with E-state index < -0.39 is 0 Å². The Bertz CT molecular complexity index is 734. The molecule has 0 radical (unpaired) electrons. The summed E-state index contributed by atoms with van der Waals surface area (Å²) in [5.41, 5.74) is 3.21. The number of nitrogens with one attached hydrogen (secondary N) is 1. The van der Waals surface area contributed by atoms with Crippen molar-refractivity contribution in [3.8, 4) is 0 Å². The van der Waals surface area contributed by atoms with Gasteiger partial charge in [0.25, 0.3) is 0 Å². The highest BCUT2D eigenvalue weighted by atomic mass is 19.1. The first kappa shape index (κ1) is 17.6. The van der Waals surface area contributed by atoms with Crippen LogP contribution in [-0.2, 0) is 11.2 Å². The van der Waals surface area contributed by atoms with Crippen LogP contribution in [0.1, 0.15) is 29.9 Å². The Balaban J connectivity index is 1.42. The van der Waals surface area contributed by atoms with Crippen molar-refractivity contribution in [1.29, 1.82) is 0 Å². The van der Waals surface area contributed by atoms with Gasteiger partial charge in [0.1, 0.15) is 5.82 Å². The van der Waals surface area contributed by atoms with E-state index in [1.807, 2.05) is 13.8 Å². The van der Waals surface area contributed by atoms with Crippen molar-refractivity contribution >= 4 is 5.91 Å². The number of amides is 1. The molecule has 1 saturated heterocycles. The number of aryl methyl sites for hydroxylation is 2. The van der Waals surface area contributed by atoms with Crippen molar-refractivity contribution in [2.75, 3.05) is 19.6 Å². The molecule has 25 heavy (non-hydrogen) atoms. The maximum absolute atomic E-state index is 12.9. The molecule has 1 atom stereocenters. The number of hydrogen-bond acceptors (Lipinski definition) is 3. The lowest BCUT2D eigenvalue weighted by molar-refractivity contribution is -0.128. The molecule has 0 saturated carbocycles. The smallest absolute Gasteiger partial charge is 0.237 e. The van der Waals surface area contributed by atoms with Gasteiger partial charge in [0.2, 0.25) is 5.91 Å². The van der Waals surface area contributed by atoms with Gasteiger partial charge in [-0.05, 0) is 51.0 Å². The minimum Gasteiger partial charge on any atom is -0.354 e. The second kappa shape index (κ2) is 7.35. The van der Waals surface area contributed by atoms with Gasteiger partial charge in [0.15, 0.2) is 0 Å². The van der Waals surface area contributed by atoms with E-state index in [1.165, 1.54) is 17.8 Å². The minimum atomic E-state index is -0.239. The standard InChI is InChI=1S/C19H25FN4O/c1-13-10-14(2)24(22-13)18-11-23(12-18)15(3)19(25)21-9-8-16-4-6-17(20)7-5-16/h4-7,10,15,18H,8-9,11-12H2,1-3H3,(H,21,25). The number of benzene rings is 1. The van der Waals surface area contributed by atoms with Crippen molar-refractivity contribution < 1.29 is 9.18 Å². The van der Waals surface area contributed by atoms with E-state index >= 15 is 0 Å². The van der Waals surface area contributed by atoms with Crippen LogP contribution in [0.2, 0.25) is 0 Å². The molecule has 1 N–H and O–H groups in total. The largest absolute Gasteiger partial charge is 0.354 e. The fourth-order valence-electron chi connectivity index (χ4n) is 3.27. The Hall–Kier alpha value is -2.21. The van der Waals surface area contributed by atoms with Gasteiger partial charge in [-0.2, -0.15) is 5.10 Å². The van der Waals surface area contributed by atoms with E-state index in [1.54, 1.807) is 12.1 Å². The summed E-state index contributed by atoms with van der Waals surface area (Å²) in [6.45, 7) is 8.24. The molecule has 2 heterocycles. The van der Waals surface area contributed by atoms with E-state index in [4.69, 9.17) is 0 Å². The van der Waals surface area contributed by atoms with Gasteiger partial charge in [0, 0.05) is 25.3 Å². The topological polar surface area (TPSA) is 50.2 Å². The molecule has 2 aromatic rings. The summed E-state index contributed by atoms with van der Waals surface area (Å²) >= 11 is 0. The first-order valence-corrected chi connectivity index (χ1v) is 8.73. The third-order valence-corrected chi connectivity index (χ3v) is 4.83. The summed E-state index contributed by atoms with van der Waals surface area (Å²) in [5, 5.41) is 7.49. The Kier molecular flexibility index (Phi) is 5.18. The molecule has 1 aromatic carbocycles. The van der Waals surface area contributed by atoms with Crippen LogP contribution in [0.5, 0.6) is 0 Å². The summed E-state index contributed by atoms with van der Waals surface area (Å²) in [6.07, 6.45) is 0.702. The number of likely N-dealkylation sites (tertiary alicyclic amines) is 1. The lowest BCUT2D eigenvalue weighted by atomic mass is 10.1. The van der Waals surface area contributed by atoms with E-state index in [2.05, 4.69) is 33.0 Å². The Labute approximate surface area is 147 Å². The molecular weight excluding hydrogens is 319 g/mol. The van der Waals surface area contributed by atoms with E-state index in [0.717, 1.165) is 24.3 Å². The number of aromatic nitrogens is 2. The molecule has 0 aliphatic carbocycles. The van der Waals surface area contributed by atoms with Gasteiger partial charge < -0.3 is 5.32 Å². The van der Waals surface area contributed by atoms with Crippen LogP contribution < -0.4 is 5.32 Å². The molecule has 0 spiro atoms. The zero-order valence-electron chi connectivity index (χ0n) is 15.0. The summed E-state index contributed by atoms with van der Waals surface area (Å²) < 4.78 is 14.9. The van der Waals surface area contributed by atoms with Crippen LogP contribution in [0, 0.1) is 19.7 Å². The average molecular weight is 344 g/mol. The van der Waals surface area contributed by atoms with Crippen LogP contribution in [0.15, 0.2) is 30.3 Å². The van der Waals surface area contributed by atoms with Gasteiger partial charge in [-0.3, -0.25) is 14.4 Å². The monoisotopic (exact) mass is 344 g/mol. The second-order valence-electron chi connectivity index (χ2n) is 6.82. The number of halogens is 1. The highest BCUT2D eigenvalue weighted by Gasteiger charge is 2.35. The van der Waals surface area contributed by atoms with Crippen molar-refractivity contribution in [2.45, 2.75) is 39.3 Å². The van der Waals surface area contributed by atoms with Crippen LogP contribution >= 0.6 is 0 Å². The SMILES string of the molecule is Cc1cc(C)n(C2CN(C(C)C(=O)NCCc3ccc(F)cc3)C2)n1. The lowest BCUT2D eigenvalue weighted by Crippen LogP contribution is -2.56. The molecule has 1 unspecified atom stereocenters. The molecule has 134 valence electrons. The molecule has 1 aliphatic heterocycles. The minimum absolute atomic E-state index is 0.0360. The number of carbonyl (C=O) groups excluding carboxylic acids is 1. The number of nitrogens with zero attached hydrogens (tertiary/aromatic N) is 3. The average Bonchev–Trinajstić information content (AvgIpc) is 2.86. The van der Waals surface area contributed by atoms with Crippen molar-refractivity contribution in [2.24, 2.45) is 0 Å². The van der Waals surface area contributed by atoms with Crippen molar-refractivity contribution in [3.05, 3.63) is 53.1 Å². The third-order valence-electron chi connectivity index (χ3n) is 4.83. The molecule has 5 nitrogen and oxygen atoms in total. The zero-order chi connectivity index (χ0) is 18.0. The normalized spacial score (nSPS) is 16.5. The molecule has 1 amide bonds. The van der Waals surface area contributed by atoms with E-state index in [0.29, 0.717) is 19.0 Å².